The third-order valence-electron chi connectivity index (χ3n) is 3.14. The van der Waals surface area contributed by atoms with Gasteiger partial charge in [0.1, 0.15) is 0 Å². The predicted octanol–water partition coefficient (Wildman–Crippen LogP) is 2.93. The van der Waals surface area contributed by atoms with Gasteiger partial charge in [-0.1, -0.05) is 37.6 Å². The molecule has 0 spiro atoms. The van der Waals surface area contributed by atoms with Gasteiger partial charge in [-0.2, -0.15) is 0 Å². The summed E-state index contributed by atoms with van der Waals surface area (Å²) in [6.07, 6.45) is 0. The average molecular weight is 283 g/mol. The molecule has 0 saturated carbocycles. The van der Waals surface area contributed by atoms with Crippen LogP contribution in [-0.4, -0.2) is 30.4 Å². The molecule has 0 bridgehead atoms. The normalized spacial score (nSPS) is 12.8. The highest BCUT2D eigenvalue weighted by atomic mass is 35.5. The summed E-state index contributed by atoms with van der Waals surface area (Å²) >= 11 is 5.94. The molecule has 0 aliphatic heterocycles. The lowest BCUT2D eigenvalue weighted by Gasteiger charge is -2.21. The Balaban J connectivity index is 2.42. The van der Waals surface area contributed by atoms with Crippen molar-refractivity contribution in [3.05, 3.63) is 34.9 Å². The second kappa shape index (κ2) is 7.51. The molecule has 0 saturated heterocycles. The standard InChI is InChI=1S/C15H23ClN2O/c1-11(2)12(3)17-15(19)10-18(4)9-13-6-5-7-14(16)8-13/h5-8,11-12H,9-10H2,1-4H3,(H,17,19). The molecule has 4 heteroatoms. The monoisotopic (exact) mass is 282 g/mol. The lowest BCUT2D eigenvalue weighted by atomic mass is 10.1. The number of halogens is 1. The number of carbonyl (C=O) groups is 1. The van der Waals surface area contributed by atoms with Crippen LogP contribution in [0.1, 0.15) is 26.3 Å². The number of hydrogen-bond acceptors (Lipinski definition) is 2. The van der Waals surface area contributed by atoms with Crippen LogP contribution in [-0.2, 0) is 11.3 Å². The highest BCUT2D eigenvalue weighted by Crippen LogP contribution is 2.12. The quantitative estimate of drug-likeness (QED) is 0.870. The lowest BCUT2D eigenvalue weighted by Crippen LogP contribution is -2.41. The second-order valence-electron chi connectivity index (χ2n) is 5.40. The van der Waals surface area contributed by atoms with E-state index >= 15 is 0 Å². The summed E-state index contributed by atoms with van der Waals surface area (Å²) in [6, 6.07) is 7.91. The fourth-order valence-electron chi connectivity index (χ4n) is 1.71. The Bertz CT molecular complexity index is 420. The van der Waals surface area contributed by atoms with E-state index in [1.54, 1.807) is 0 Å². The molecule has 19 heavy (non-hydrogen) atoms. The van der Waals surface area contributed by atoms with E-state index in [-0.39, 0.29) is 11.9 Å². The van der Waals surface area contributed by atoms with Gasteiger partial charge in [-0.3, -0.25) is 9.69 Å². The van der Waals surface area contributed by atoms with Crippen molar-refractivity contribution in [2.24, 2.45) is 5.92 Å². The van der Waals surface area contributed by atoms with Crippen LogP contribution >= 0.6 is 11.6 Å². The van der Waals surface area contributed by atoms with E-state index in [4.69, 9.17) is 11.6 Å². The molecule has 0 aromatic heterocycles. The van der Waals surface area contributed by atoms with E-state index in [9.17, 15) is 4.79 Å². The minimum atomic E-state index is 0.0609. The molecule has 1 N–H and O–H groups in total. The van der Waals surface area contributed by atoms with Crippen molar-refractivity contribution < 1.29 is 4.79 Å². The highest BCUT2D eigenvalue weighted by Gasteiger charge is 2.12. The maximum Gasteiger partial charge on any atom is 0.234 e. The zero-order valence-corrected chi connectivity index (χ0v) is 12.9. The van der Waals surface area contributed by atoms with Gasteiger partial charge in [-0.15, -0.1) is 0 Å². The van der Waals surface area contributed by atoms with Crippen molar-refractivity contribution >= 4 is 17.5 Å². The van der Waals surface area contributed by atoms with Crippen molar-refractivity contribution in [2.45, 2.75) is 33.4 Å². The lowest BCUT2D eigenvalue weighted by molar-refractivity contribution is -0.122. The van der Waals surface area contributed by atoms with Crippen molar-refractivity contribution in [2.75, 3.05) is 13.6 Å². The minimum Gasteiger partial charge on any atom is -0.352 e. The topological polar surface area (TPSA) is 32.3 Å². The zero-order valence-electron chi connectivity index (χ0n) is 12.1. The second-order valence-corrected chi connectivity index (χ2v) is 5.84. The number of hydrogen-bond donors (Lipinski definition) is 1. The smallest absolute Gasteiger partial charge is 0.234 e. The first kappa shape index (κ1) is 16.0. The molecule has 0 fully saturated rings. The van der Waals surface area contributed by atoms with Crippen molar-refractivity contribution in [3.8, 4) is 0 Å². The Kier molecular flexibility index (Phi) is 6.32. The molecule has 0 heterocycles. The fraction of sp³-hybridized carbons (Fsp3) is 0.533. The number of rotatable bonds is 6. The molecule has 1 aromatic rings. The predicted molar refractivity (Wildman–Crippen MR) is 80.2 cm³/mol. The zero-order chi connectivity index (χ0) is 14.4. The molecule has 0 aliphatic rings. The van der Waals surface area contributed by atoms with Gasteiger partial charge in [0.05, 0.1) is 6.54 Å². The maximum atomic E-state index is 11.8. The summed E-state index contributed by atoms with van der Waals surface area (Å²) in [7, 11) is 1.93. The Hall–Kier alpha value is -1.06. The number of nitrogens with zero attached hydrogens (tertiary/aromatic N) is 1. The van der Waals surface area contributed by atoms with Crippen LogP contribution in [0.4, 0.5) is 0 Å². The summed E-state index contributed by atoms with van der Waals surface area (Å²) in [5, 5.41) is 3.73. The summed E-state index contributed by atoms with van der Waals surface area (Å²) in [5.41, 5.74) is 1.11. The largest absolute Gasteiger partial charge is 0.352 e. The van der Waals surface area contributed by atoms with E-state index in [1.165, 1.54) is 0 Å². The van der Waals surface area contributed by atoms with Gasteiger partial charge in [-0.25, -0.2) is 0 Å². The number of likely N-dealkylation sites (N-methyl/N-ethyl adjacent to an activating group) is 1. The van der Waals surface area contributed by atoms with Crippen LogP contribution in [0.2, 0.25) is 5.02 Å². The van der Waals surface area contributed by atoms with Crippen LogP contribution < -0.4 is 5.32 Å². The van der Waals surface area contributed by atoms with Gasteiger partial charge in [0, 0.05) is 17.6 Å². The van der Waals surface area contributed by atoms with Crippen molar-refractivity contribution in [3.63, 3.8) is 0 Å². The third kappa shape index (κ3) is 6.08. The van der Waals surface area contributed by atoms with Gasteiger partial charge in [0.2, 0.25) is 5.91 Å². The Morgan fingerprint density at radius 3 is 2.63 bits per heavy atom. The summed E-state index contributed by atoms with van der Waals surface area (Å²) in [6.45, 7) is 7.33. The van der Waals surface area contributed by atoms with Gasteiger partial charge in [0.25, 0.3) is 0 Å². The average Bonchev–Trinajstić information content (AvgIpc) is 2.27. The molecular formula is C15H23ClN2O. The van der Waals surface area contributed by atoms with Gasteiger partial charge in [0.15, 0.2) is 0 Å². The molecule has 1 atom stereocenters. The molecule has 0 aliphatic carbocycles. The summed E-state index contributed by atoms with van der Waals surface area (Å²) < 4.78 is 0. The fourth-order valence-corrected chi connectivity index (χ4v) is 1.93. The van der Waals surface area contributed by atoms with Crippen molar-refractivity contribution in [1.29, 1.82) is 0 Å². The van der Waals surface area contributed by atoms with Crippen LogP contribution in [0, 0.1) is 5.92 Å². The molecule has 106 valence electrons. The van der Waals surface area contributed by atoms with E-state index in [0.717, 1.165) is 10.6 Å². The van der Waals surface area contributed by atoms with E-state index in [0.29, 0.717) is 19.0 Å². The Labute approximate surface area is 120 Å². The molecule has 3 nitrogen and oxygen atoms in total. The molecular weight excluding hydrogens is 260 g/mol. The Morgan fingerprint density at radius 1 is 1.37 bits per heavy atom. The first-order chi connectivity index (χ1) is 8.88. The SMILES string of the molecule is CC(C)C(C)NC(=O)CN(C)Cc1cccc(Cl)c1. The third-order valence-corrected chi connectivity index (χ3v) is 3.38. The van der Waals surface area contributed by atoms with Crippen LogP contribution in [0.3, 0.4) is 0 Å². The van der Waals surface area contributed by atoms with Gasteiger partial charge >= 0.3 is 0 Å². The van der Waals surface area contributed by atoms with Crippen molar-refractivity contribution in [1.82, 2.24) is 10.2 Å². The van der Waals surface area contributed by atoms with Crippen LogP contribution in [0.25, 0.3) is 0 Å². The molecule has 1 aromatic carbocycles. The van der Waals surface area contributed by atoms with E-state index < -0.39 is 0 Å². The van der Waals surface area contributed by atoms with E-state index in [1.807, 2.05) is 43.1 Å². The maximum absolute atomic E-state index is 11.8. The molecule has 1 rings (SSSR count). The van der Waals surface area contributed by atoms with Gasteiger partial charge in [-0.05, 0) is 37.6 Å². The Morgan fingerprint density at radius 2 is 2.05 bits per heavy atom. The number of nitrogens with one attached hydrogen (secondary N) is 1. The number of benzene rings is 1. The number of amides is 1. The van der Waals surface area contributed by atoms with E-state index in [2.05, 4.69) is 19.2 Å². The first-order valence-corrected chi connectivity index (χ1v) is 6.98. The molecule has 1 amide bonds. The van der Waals surface area contributed by atoms with Crippen LogP contribution in [0.15, 0.2) is 24.3 Å². The molecule has 1 unspecified atom stereocenters. The highest BCUT2D eigenvalue weighted by molar-refractivity contribution is 6.30. The first-order valence-electron chi connectivity index (χ1n) is 6.61. The minimum absolute atomic E-state index is 0.0609. The summed E-state index contributed by atoms with van der Waals surface area (Å²) in [4.78, 5) is 13.8. The van der Waals surface area contributed by atoms with Crippen LogP contribution in [0.5, 0.6) is 0 Å². The molecule has 0 radical (unpaired) electrons. The number of carbonyl (C=O) groups excluding carboxylic acids is 1. The summed E-state index contributed by atoms with van der Waals surface area (Å²) in [5.74, 6) is 0.507. The van der Waals surface area contributed by atoms with Gasteiger partial charge < -0.3 is 5.32 Å².